The molecule has 2 aromatic rings. The first-order chi connectivity index (χ1) is 13.0. The summed E-state index contributed by atoms with van der Waals surface area (Å²) in [6.45, 7) is 6.34. The van der Waals surface area contributed by atoms with Crippen molar-refractivity contribution < 1.29 is 4.79 Å². The van der Waals surface area contributed by atoms with Gasteiger partial charge in [0.2, 0.25) is 5.91 Å². The molecule has 0 bridgehead atoms. The van der Waals surface area contributed by atoms with E-state index in [4.69, 9.17) is 0 Å². The third-order valence-corrected chi connectivity index (χ3v) is 4.74. The van der Waals surface area contributed by atoms with E-state index in [2.05, 4.69) is 56.4 Å². The third kappa shape index (κ3) is 6.25. The minimum Gasteiger partial charge on any atom is -0.340 e. The van der Waals surface area contributed by atoms with E-state index in [1.54, 1.807) is 0 Å². The molecule has 3 nitrogen and oxygen atoms in total. The standard InChI is InChI=1S/C24H30N2O/c1-4-5-14-22(17-25)26-24(27)23(15-18(2)3)21-13-9-12-20(16-21)19-10-7-6-8-11-19/h6-13,16,18,22-23H,4-5,14-15H2,1-3H3,(H,26,27). The highest BCUT2D eigenvalue weighted by Gasteiger charge is 2.24. The van der Waals surface area contributed by atoms with Gasteiger partial charge in [0, 0.05) is 0 Å². The lowest BCUT2D eigenvalue weighted by Crippen LogP contribution is -2.37. The summed E-state index contributed by atoms with van der Waals surface area (Å²) in [5.41, 5.74) is 3.26. The lowest BCUT2D eigenvalue weighted by Gasteiger charge is -2.22. The molecule has 1 amide bonds. The van der Waals surface area contributed by atoms with Crippen molar-refractivity contribution in [1.29, 1.82) is 5.26 Å². The van der Waals surface area contributed by atoms with E-state index >= 15 is 0 Å². The van der Waals surface area contributed by atoms with Crippen LogP contribution in [0, 0.1) is 17.2 Å². The van der Waals surface area contributed by atoms with Crippen LogP contribution in [0.2, 0.25) is 0 Å². The smallest absolute Gasteiger partial charge is 0.228 e. The first kappa shape index (κ1) is 20.7. The minimum absolute atomic E-state index is 0.0448. The highest BCUT2D eigenvalue weighted by Crippen LogP contribution is 2.28. The number of carbonyl (C=O) groups is 1. The van der Waals surface area contributed by atoms with E-state index in [1.165, 1.54) is 0 Å². The summed E-state index contributed by atoms with van der Waals surface area (Å²) in [6, 6.07) is 20.2. The fourth-order valence-electron chi connectivity index (χ4n) is 3.28. The molecule has 0 aliphatic carbocycles. The molecule has 2 unspecified atom stereocenters. The molecule has 0 saturated carbocycles. The average molecular weight is 363 g/mol. The van der Waals surface area contributed by atoms with Crippen LogP contribution in [0.3, 0.4) is 0 Å². The molecule has 0 saturated heterocycles. The van der Waals surface area contributed by atoms with Crippen LogP contribution < -0.4 is 5.32 Å². The second-order valence-corrected chi connectivity index (χ2v) is 7.51. The largest absolute Gasteiger partial charge is 0.340 e. The Balaban J connectivity index is 2.25. The summed E-state index contributed by atoms with van der Waals surface area (Å²) >= 11 is 0. The van der Waals surface area contributed by atoms with E-state index in [0.29, 0.717) is 12.3 Å². The maximum absolute atomic E-state index is 13.0. The number of hydrogen-bond donors (Lipinski definition) is 1. The van der Waals surface area contributed by atoms with Gasteiger partial charge in [-0.3, -0.25) is 4.79 Å². The Morgan fingerprint density at radius 1 is 1.07 bits per heavy atom. The van der Waals surface area contributed by atoms with Gasteiger partial charge in [-0.05, 0) is 35.4 Å². The topological polar surface area (TPSA) is 52.9 Å². The minimum atomic E-state index is -0.413. The van der Waals surface area contributed by atoms with E-state index in [-0.39, 0.29) is 11.8 Å². The molecule has 0 heterocycles. The highest BCUT2D eigenvalue weighted by molar-refractivity contribution is 5.84. The fourth-order valence-corrected chi connectivity index (χ4v) is 3.28. The predicted molar refractivity (Wildman–Crippen MR) is 111 cm³/mol. The molecule has 27 heavy (non-hydrogen) atoms. The second-order valence-electron chi connectivity index (χ2n) is 7.51. The molecule has 0 aliphatic heterocycles. The van der Waals surface area contributed by atoms with Crippen molar-refractivity contribution in [3.63, 3.8) is 0 Å². The van der Waals surface area contributed by atoms with Crippen LogP contribution in [0.25, 0.3) is 11.1 Å². The molecular weight excluding hydrogens is 332 g/mol. The van der Waals surface area contributed by atoms with Crippen molar-refractivity contribution in [2.45, 2.75) is 58.4 Å². The van der Waals surface area contributed by atoms with Crippen LogP contribution in [0.5, 0.6) is 0 Å². The third-order valence-electron chi connectivity index (χ3n) is 4.74. The average Bonchev–Trinajstić information content (AvgIpc) is 2.69. The normalized spacial score (nSPS) is 13.0. The number of nitrogens with one attached hydrogen (secondary N) is 1. The monoisotopic (exact) mass is 362 g/mol. The maximum Gasteiger partial charge on any atom is 0.228 e. The summed E-state index contributed by atoms with van der Waals surface area (Å²) in [5.74, 6) is 0.0972. The van der Waals surface area contributed by atoms with Crippen LogP contribution in [-0.2, 0) is 4.79 Å². The summed E-state index contributed by atoms with van der Waals surface area (Å²) in [6.07, 6.45) is 3.42. The van der Waals surface area contributed by atoms with Gasteiger partial charge in [0.05, 0.1) is 12.0 Å². The first-order valence-corrected chi connectivity index (χ1v) is 9.90. The Labute approximate surface area is 163 Å². The van der Waals surface area contributed by atoms with Crippen molar-refractivity contribution in [2.24, 2.45) is 5.92 Å². The molecule has 0 aliphatic rings. The van der Waals surface area contributed by atoms with E-state index in [0.717, 1.165) is 36.0 Å². The zero-order chi connectivity index (χ0) is 19.6. The number of carbonyl (C=O) groups excluding carboxylic acids is 1. The van der Waals surface area contributed by atoms with Crippen LogP contribution in [0.4, 0.5) is 0 Å². The van der Waals surface area contributed by atoms with Crippen LogP contribution in [0.1, 0.15) is 57.9 Å². The van der Waals surface area contributed by atoms with Gasteiger partial charge in [-0.15, -0.1) is 0 Å². The molecule has 3 heteroatoms. The lowest BCUT2D eigenvalue weighted by atomic mass is 9.87. The Hall–Kier alpha value is -2.60. The van der Waals surface area contributed by atoms with E-state index < -0.39 is 6.04 Å². The second kappa shape index (κ2) is 10.5. The quantitative estimate of drug-likeness (QED) is 0.624. The summed E-state index contributed by atoms with van der Waals surface area (Å²) in [7, 11) is 0. The number of rotatable bonds is 9. The van der Waals surface area contributed by atoms with Crippen LogP contribution in [-0.4, -0.2) is 11.9 Å². The highest BCUT2D eigenvalue weighted by atomic mass is 16.1. The van der Waals surface area contributed by atoms with E-state index in [1.807, 2.05) is 30.3 Å². The Morgan fingerprint density at radius 2 is 1.78 bits per heavy atom. The van der Waals surface area contributed by atoms with Gasteiger partial charge in [0.1, 0.15) is 6.04 Å². The number of nitrogens with zero attached hydrogens (tertiary/aromatic N) is 1. The molecular formula is C24H30N2O. The van der Waals surface area contributed by atoms with Crippen molar-refractivity contribution >= 4 is 5.91 Å². The number of nitriles is 1. The maximum atomic E-state index is 13.0. The van der Waals surface area contributed by atoms with E-state index in [9.17, 15) is 10.1 Å². The van der Waals surface area contributed by atoms with Gasteiger partial charge < -0.3 is 5.32 Å². The number of amides is 1. The van der Waals surface area contributed by atoms with Gasteiger partial charge in [0.25, 0.3) is 0 Å². The van der Waals surface area contributed by atoms with Crippen molar-refractivity contribution in [3.05, 3.63) is 60.2 Å². The molecule has 2 aromatic carbocycles. The van der Waals surface area contributed by atoms with Gasteiger partial charge in [-0.2, -0.15) is 5.26 Å². The zero-order valence-corrected chi connectivity index (χ0v) is 16.6. The molecule has 1 N–H and O–H groups in total. The van der Waals surface area contributed by atoms with Crippen molar-refractivity contribution in [3.8, 4) is 17.2 Å². The molecule has 2 atom stereocenters. The number of unbranched alkanes of at least 4 members (excludes halogenated alkanes) is 1. The lowest BCUT2D eigenvalue weighted by molar-refractivity contribution is -0.123. The van der Waals surface area contributed by atoms with Gasteiger partial charge in [0.15, 0.2) is 0 Å². The fraction of sp³-hybridized carbons (Fsp3) is 0.417. The molecule has 0 fully saturated rings. The molecule has 0 aromatic heterocycles. The summed E-state index contributed by atoms with van der Waals surface area (Å²) in [5, 5.41) is 12.3. The predicted octanol–water partition coefficient (Wildman–Crippen LogP) is 5.68. The van der Waals surface area contributed by atoms with Crippen LogP contribution >= 0.6 is 0 Å². The molecule has 2 rings (SSSR count). The zero-order valence-electron chi connectivity index (χ0n) is 16.6. The van der Waals surface area contributed by atoms with Gasteiger partial charge in [-0.25, -0.2) is 0 Å². The van der Waals surface area contributed by atoms with Crippen molar-refractivity contribution in [1.82, 2.24) is 5.32 Å². The Bertz CT molecular complexity index is 761. The summed E-state index contributed by atoms with van der Waals surface area (Å²) in [4.78, 5) is 13.0. The number of benzene rings is 2. The number of hydrogen-bond acceptors (Lipinski definition) is 2. The molecule has 142 valence electrons. The van der Waals surface area contributed by atoms with Crippen molar-refractivity contribution in [2.75, 3.05) is 0 Å². The first-order valence-electron chi connectivity index (χ1n) is 9.90. The summed E-state index contributed by atoms with van der Waals surface area (Å²) < 4.78 is 0. The SMILES string of the molecule is CCCCC(C#N)NC(=O)C(CC(C)C)c1cccc(-c2ccccc2)c1. The van der Waals surface area contributed by atoms with Gasteiger partial charge in [-0.1, -0.05) is 88.2 Å². The Kier molecular flexibility index (Phi) is 8.07. The Morgan fingerprint density at radius 3 is 2.41 bits per heavy atom. The molecule has 0 spiro atoms. The molecule has 0 radical (unpaired) electrons. The van der Waals surface area contributed by atoms with Gasteiger partial charge >= 0.3 is 0 Å². The van der Waals surface area contributed by atoms with Crippen LogP contribution in [0.15, 0.2) is 54.6 Å².